The van der Waals surface area contributed by atoms with Crippen LogP contribution in [-0.2, 0) is 11.8 Å². The Morgan fingerprint density at radius 3 is 2.65 bits per heavy atom. The van der Waals surface area contributed by atoms with Gasteiger partial charge in [0.1, 0.15) is 6.04 Å². The third kappa shape index (κ3) is 3.05. The minimum absolute atomic E-state index is 0.192. The maximum absolute atomic E-state index is 11.9. The van der Waals surface area contributed by atoms with E-state index in [2.05, 4.69) is 15.7 Å². The highest BCUT2D eigenvalue weighted by molar-refractivity contribution is 5.98. The molecule has 1 aromatic heterocycles. The van der Waals surface area contributed by atoms with Gasteiger partial charge >= 0.3 is 0 Å². The highest BCUT2D eigenvalue weighted by Gasteiger charge is 2.18. The summed E-state index contributed by atoms with van der Waals surface area (Å²) in [7, 11) is 1.76. The molecule has 1 heterocycles. The highest BCUT2D eigenvalue weighted by Crippen LogP contribution is 2.05. The molecule has 0 aliphatic heterocycles. The normalized spacial score (nSPS) is 12.0. The average Bonchev–Trinajstić information content (AvgIpc) is 2.60. The zero-order valence-electron chi connectivity index (χ0n) is 10.6. The second-order valence-corrected chi connectivity index (χ2v) is 3.86. The van der Waals surface area contributed by atoms with Gasteiger partial charge < -0.3 is 10.6 Å². The number of nitrogens with one attached hydrogen (secondary N) is 2. The number of hydrogen-bond acceptors (Lipinski definition) is 3. The van der Waals surface area contributed by atoms with Crippen molar-refractivity contribution in [2.45, 2.75) is 26.8 Å². The second-order valence-electron chi connectivity index (χ2n) is 3.86. The number of aryl methyl sites for hydroxylation is 1. The Hall–Kier alpha value is -1.85. The lowest BCUT2D eigenvalue weighted by Crippen LogP contribution is -2.44. The van der Waals surface area contributed by atoms with E-state index in [9.17, 15) is 9.59 Å². The van der Waals surface area contributed by atoms with Crippen LogP contribution in [0.5, 0.6) is 0 Å². The molecule has 2 N–H and O–H groups in total. The Balaban J connectivity index is 2.67. The van der Waals surface area contributed by atoms with Gasteiger partial charge in [-0.05, 0) is 20.8 Å². The molecule has 0 fully saturated rings. The molecule has 6 nitrogen and oxygen atoms in total. The van der Waals surface area contributed by atoms with Gasteiger partial charge in [-0.15, -0.1) is 0 Å². The van der Waals surface area contributed by atoms with E-state index in [0.29, 0.717) is 12.1 Å². The summed E-state index contributed by atoms with van der Waals surface area (Å²) in [6.45, 7) is 5.83. The third-order valence-corrected chi connectivity index (χ3v) is 2.57. The van der Waals surface area contributed by atoms with Gasteiger partial charge in [0.05, 0.1) is 11.8 Å². The molecule has 0 aromatic carbocycles. The largest absolute Gasteiger partial charge is 0.355 e. The number of amides is 2. The molecule has 0 bridgehead atoms. The van der Waals surface area contributed by atoms with Crippen molar-refractivity contribution in [1.29, 1.82) is 0 Å². The standard InChI is InChI=1S/C11H18N4O2/c1-5-12-10(16)7(2)14-11(17)9-6-13-15(4)8(9)3/h6-7H,5H2,1-4H3,(H,12,16)(H,14,17)/t7-/m0/s1. The van der Waals surface area contributed by atoms with Gasteiger partial charge in [0.25, 0.3) is 5.91 Å². The van der Waals surface area contributed by atoms with Crippen molar-refractivity contribution in [2.24, 2.45) is 7.05 Å². The quantitative estimate of drug-likeness (QED) is 0.774. The monoisotopic (exact) mass is 238 g/mol. The third-order valence-electron chi connectivity index (χ3n) is 2.57. The summed E-state index contributed by atoms with van der Waals surface area (Å²) >= 11 is 0. The molecule has 0 radical (unpaired) electrons. The number of rotatable bonds is 4. The number of hydrogen-bond donors (Lipinski definition) is 2. The smallest absolute Gasteiger partial charge is 0.255 e. The van der Waals surface area contributed by atoms with Crippen LogP contribution >= 0.6 is 0 Å². The van der Waals surface area contributed by atoms with Crippen molar-refractivity contribution in [2.75, 3.05) is 6.54 Å². The lowest BCUT2D eigenvalue weighted by molar-refractivity contribution is -0.122. The Morgan fingerprint density at radius 2 is 2.18 bits per heavy atom. The average molecular weight is 238 g/mol. The number of aromatic nitrogens is 2. The zero-order chi connectivity index (χ0) is 13.0. The van der Waals surface area contributed by atoms with Crippen molar-refractivity contribution in [3.05, 3.63) is 17.5 Å². The minimum atomic E-state index is -0.554. The number of likely N-dealkylation sites (N-methyl/N-ethyl adjacent to an activating group) is 1. The highest BCUT2D eigenvalue weighted by atomic mass is 16.2. The molecule has 6 heteroatoms. The number of carbonyl (C=O) groups excluding carboxylic acids is 2. The molecule has 1 rings (SSSR count). The van der Waals surface area contributed by atoms with Crippen LogP contribution in [0, 0.1) is 6.92 Å². The van der Waals surface area contributed by atoms with Gasteiger partial charge in [-0.2, -0.15) is 5.10 Å². The fourth-order valence-electron chi connectivity index (χ4n) is 1.39. The molecular weight excluding hydrogens is 220 g/mol. The summed E-state index contributed by atoms with van der Waals surface area (Å²) in [6, 6.07) is -0.554. The van der Waals surface area contributed by atoms with Crippen molar-refractivity contribution >= 4 is 11.8 Å². The lowest BCUT2D eigenvalue weighted by Gasteiger charge is -2.12. The molecule has 1 aromatic rings. The molecule has 0 saturated heterocycles. The first kappa shape index (κ1) is 13.2. The van der Waals surface area contributed by atoms with E-state index in [4.69, 9.17) is 0 Å². The SMILES string of the molecule is CCNC(=O)[C@H](C)NC(=O)c1cnn(C)c1C. The maximum Gasteiger partial charge on any atom is 0.255 e. The second kappa shape index (κ2) is 5.47. The first-order chi connectivity index (χ1) is 7.97. The topological polar surface area (TPSA) is 76.0 Å². The molecule has 0 aliphatic rings. The van der Waals surface area contributed by atoms with Crippen LogP contribution < -0.4 is 10.6 Å². The van der Waals surface area contributed by atoms with Crippen molar-refractivity contribution < 1.29 is 9.59 Å². The van der Waals surface area contributed by atoms with E-state index < -0.39 is 6.04 Å². The van der Waals surface area contributed by atoms with Crippen LogP contribution in [0.3, 0.4) is 0 Å². The van der Waals surface area contributed by atoms with Crippen LogP contribution in [0.1, 0.15) is 29.9 Å². The first-order valence-corrected chi connectivity index (χ1v) is 5.54. The molecule has 17 heavy (non-hydrogen) atoms. The zero-order valence-corrected chi connectivity index (χ0v) is 10.6. The van der Waals surface area contributed by atoms with Gasteiger partial charge in [-0.3, -0.25) is 14.3 Å². The molecule has 0 spiro atoms. The summed E-state index contributed by atoms with van der Waals surface area (Å²) in [4.78, 5) is 23.3. The van der Waals surface area contributed by atoms with Crippen molar-refractivity contribution in [3.8, 4) is 0 Å². The van der Waals surface area contributed by atoms with E-state index in [1.165, 1.54) is 6.20 Å². The summed E-state index contributed by atoms with van der Waals surface area (Å²) in [5, 5.41) is 9.26. The van der Waals surface area contributed by atoms with Crippen LogP contribution in [0.25, 0.3) is 0 Å². The molecular formula is C11H18N4O2. The summed E-state index contributed by atoms with van der Waals surface area (Å²) in [5.74, 6) is -0.475. The molecule has 2 amide bonds. The van der Waals surface area contributed by atoms with Crippen LogP contribution in [-0.4, -0.2) is 34.2 Å². The number of carbonyl (C=O) groups is 2. The first-order valence-electron chi connectivity index (χ1n) is 5.54. The van der Waals surface area contributed by atoms with Crippen molar-refractivity contribution in [3.63, 3.8) is 0 Å². The predicted octanol–water partition coefficient (Wildman–Crippen LogP) is -0.0171. The van der Waals surface area contributed by atoms with Gasteiger partial charge in [-0.1, -0.05) is 0 Å². The van der Waals surface area contributed by atoms with E-state index in [0.717, 1.165) is 5.69 Å². The predicted molar refractivity (Wildman–Crippen MR) is 63.6 cm³/mol. The Morgan fingerprint density at radius 1 is 1.53 bits per heavy atom. The van der Waals surface area contributed by atoms with E-state index in [1.54, 1.807) is 25.6 Å². The Kier molecular flexibility index (Phi) is 4.25. The Bertz CT molecular complexity index is 425. The fourth-order valence-corrected chi connectivity index (χ4v) is 1.39. The van der Waals surface area contributed by atoms with Gasteiger partial charge in [0, 0.05) is 19.3 Å². The Labute approximate surface area is 100 Å². The van der Waals surface area contributed by atoms with E-state index >= 15 is 0 Å². The van der Waals surface area contributed by atoms with E-state index in [1.807, 2.05) is 6.92 Å². The summed E-state index contributed by atoms with van der Waals surface area (Å²) in [5.41, 5.74) is 1.26. The molecule has 0 saturated carbocycles. The van der Waals surface area contributed by atoms with Gasteiger partial charge in [-0.25, -0.2) is 0 Å². The molecule has 0 aliphatic carbocycles. The van der Waals surface area contributed by atoms with Gasteiger partial charge in [0.2, 0.25) is 5.91 Å². The van der Waals surface area contributed by atoms with Crippen LogP contribution in [0.15, 0.2) is 6.20 Å². The van der Waals surface area contributed by atoms with Crippen molar-refractivity contribution in [1.82, 2.24) is 20.4 Å². The minimum Gasteiger partial charge on any atom is -0.355 e. The fraction of sp³-hybridized carbons (Fsp3) is 0.545. The van der Waals surface area contributed by atoms with E-state index in [-0.39, 0.29) is 11.8 Å². The lowest BCUT2D eigenvalue weighted by atomic mass is 10.2. The molecule has 1 atom stereocenters. The molecule has 0 unspecified atom stereocenters. The summed E-state index contributed by atoms with van der Waals surface area (Å²) in [6.07, 6.45) is 1.50. The summed E-state index contributed by atoms with van der Waals surface area (Å²) < 4.78 is 1.62. The number of nitrogens with zero attached hydrogens (tertiary/aromatic N) is 2. The van der Waals surface area contributed by atoms with Crippen LogP contribution in [0.2, 0.25) is 0 Å². The molecule has 94 valence electrons. The van der Waals surface area contributed by atoms with Gasteiger partial charge in [0.15, 0.2) is 0 Å². The van der Waals surface area contributed by atoms with Crippen LogP contribution in [0.4, 0.5) is 0 Å². The maximum atomic E-state index is 11.9.